The molecule has 0 aromatic carbocycles. The van der Waals surface area contributed by atoms with Crippen LogP contribution in [0.3, 0.4) is 0 Å². The molecule has 1 rings (SSSR count). The Hall–Kier alpha value is -0.0800. The van der Waals surface area contributed by atoms with Gasteiger partial charge in [0, 0.05) is 0 Å². The molecular formula is C10H22N2. The topological polar surface area (TPSA) is 38.0 Å². The molecule has 0 aromatic heterocycles. The van der Waals surface area contributed by atoms with Gasteiger partial charge < -0.3 is 11.1 Å². The summed E-state index contributed by atoms with van der Waals surface area (Å²) in [7, 11) is 0. The van der Waals surface area contributed by atoms with Crippen LogP contribution in [0.15, 0.2) is 0 Å². The van der Waals surface area contributed by atoms with Crippen LogP contribution in [0.25, 0.3) is 0 Å². The van der Waals surface area contributed by atoms with Gasteiger partial charge in [-0.3, -0.25) is 0 Å². The first-order chi connectivity index (χ1) is 5.93. The van der Waals surface area contributed by atoms with Gasteiger partial charge in [0.2, 0.25) is 0 Å². The lowest BCUT2D eigenvalue weighted by Gasteiger charge is -2.22. The number of rotatable bonds is 5. The van der Waals surface area contributed by atoms with Gasteiger partial charge in [0.1, 0.15) is 0 Å². The van der Waals surface area contributed by atoms with Gasteiger partial charge in [-0.05, 0) is 51.2 Å². The molecule has 1 saturated heterocycles. The average molecular weight is 170 g/mol. The predicted molar refractivity (Wildman–Crippen MR) is 53.1 cm³/mol. The van der Waals surface area contributed by atoms with E-state index in [1.54, 1.807) is 0 Å². The van der Waals surface area contributed by atoms with E-state index in [1.807, 2.05) is 0 Å². The number of hydrogen-bond donors (Lipinski definition) is 2. The summed E-state index contributed by atoms with van der Waals surface area (Å²) in [5.41, 5.74) is 5.44. The maximum atomic E-state index is 5.44. The summed E-state index contributed by atoms with van der Waals surface area (Å²) < 4.78 is 0. The predicted octanol–water partition coefficient (Wildman–Crippen LogP) is 1.51. The van der Waals surface area contributed by atoms with Gasteiger partial charge in [-0.2, -0.15) is 0 Å². The highest BCUT2D eigenvalue weighted by atomic mass is 14.9. The second kappa shape index (κ2) is 6.44. The summed E-state index contributed by atoms with van der Waals surface area (Å²) in [6.45, 7) is 3.35. The van der Waals surface area contributed by atoms with Crippen LogP contribution in [0.4, 0.5) is 0 Å². The molecule has 0 aromatic rings. The zero-order chi connectivity index (χ0) is 8.65. The van der Waals surface area contributed by atoms with Crippen molar-refractivity contribution < 1.29 is 0 Å². The summed E-state index contributed by atoms with van der Waals surface area (Å²) in [5.74, 6) is 0.955. The van der Waals surface area contributed by atoms with Gasteiger partial charge in [0.05, 0.1) is 0 Å². The summed E-state index contributed by atoms with van der Waals surface area (Å²) in [5, 5.41) is 3.45. The number of hydrogen-bond acceptors (Lipinski definition) is 2. The summed E-state index contributed by atoms with van der Waals surface area (Å²) in [4.78, 5) is 0. The summed E-state index contributed by atoms with van der Waals surface area (Å²) >= 11 is 0. The molecule has 0 radical (unpaired) electrons. The van der Waals surface area contributed by atoms with E-state index in [0.717, 1.165) is 12.5 Å². The van der Waals surface area contributed by atoms with E-state index in [1.165, 1.54) is 51.6 Å². The molecule has 2 heteroatoms. The van der Waals surface area contributed by atoms with Crippen molar-refractivity contribution in [3.63, 3.8) is 0 Å². The normalized spacial score (nSPS) is 24.2. The Balaban J connectivity index is 1.91. The van der Waals surface area contributed by atoms with E-state index in [9.17, 15) is 0 Å². The summed E-state index contributed by atoms with van der Waals surface area (Å²) in [6.07, 6.45) is 8.14. The molecule has 1 aliphatic heterocycles. The fraction of sp³-hybridized carbons (Fsp3) is 1.00. The summed E-state index contributed by atoms with van der Waals surface area (Å²) in [6, 6.07) is 0. The fourth-order valence-electron chi connectivity index (χ4n) is 1.92. The molecule has 0 saturated carbocycles. The number of nitrogens with one attached hydrogen (secondary N) is 1. The molecule has 1 aliphatic rings. The monoisotopic (exact) mass is 170 g/mol. The highest BCUT2D eigenvalue weighted by Crippen LogP contribution is 2.17. The highest BCUT2D eigenvalue weighted by molar-refractivity contribution is 4.68. The Labute approximate surface area is 75.9 Å². The van der Waals surface area contributed by atoms with E-state index in [4.69, 9.17) is 5.73 Å². The second-order valence-corrected chi connectivity index (χ2v) is 3.85. The molecule has 0 aliphatic carbocycles. The Morgan fingerprint density at radius 3 is 2.83 bits per heavy atom. The molecule has 3 N–H and O–H groups in total. The van der Waals surface area contributed by atoms with Crippen LogP contribution in [0, 0.1) is 5.92 Å². The molecule has 72 valence electrons. The Morgan fingerprint density at radius 1 is 1.25 bits per heavy atom. The quantitative estimate of drug-likeness (QED) is 0.614. The van der Waals surface area contributed by atoms with Crippen molar-refractivity contribution in [3.8, 4) is 0 Å². The van der Waals surface area contributed by atoms with Crippen molar-refractivity contribution in [1.82, 2.24) is 5.32 Å². The Morgan fingerprint density at radius 2 is 2.17 bits per heavy atom. The van der Waals surface area contributed by atoms with Gasteiger partial charge in [-0.25, -0.2) is 0 Å². The molecule has 0 bridgehead atoms. The molecular weight excluding hydrogens is 148 g/mol. The van der Waals surface area contributed by atoms with E-state index in [2.05, 4.69) is 5.32 Å². The molecule has 1 unspecified atom stereocenters. The number of piperidine rings is 1. The lowest BCUT2D eigenvalue weighted by Crippen LogP contribution is -2.29. The maximum absolute atomic E-state index is 5.44. The van der Waals surface area contributed by atoms with Crippen LogP contribution >= 0.6 is 0 Å². The first-order valence-electron chi connectivity index (χ1n) is 5.34. The Bertz CT molecular complexity index is 98.0. The minimum Gasteiger partial charge on any atom is -0.330 e. The number of nitrogens with two attached hydrogens (primary N) is 1. The highest BCUT2D eigenvalue weighted by Gasteiger charge is 2.11. The third-order valence-corrected chi connectivity index (χ3v) is 2.72. The van der Waals surface area contributed by atoms with E-state index >= 15 is 0 Å². The largest absolute Gasteiger partial charge is 0.330 e. The van der Waals surface area contributed by atoms with Crippen LogP contribution in [0.1, 0.15) is 38.5 Å². The third kappa shape index (κ3) is 4.07. The number of unbranched alkanes of at least 4 members (excludes halogenated alkanes) is 2. The molecule has 1 heterocycles. The molecule has 2 nitrogen and oxygen atoms in total. The van der Waals surface area contributed by atoms with Crippen LogP contribution in [0.5, 0.6) is 0 Å². The lowest BCUT2D eigenvalue weighted by molar-refractivity contribution is 0.347. The van der Waals surface area contributed by atoms with Crippen molar-refractivity contribution in [3.05, 3.63) is 0 Å². The van der Waals surface area contributed by atoms with Crippen molar-refractivity contribution in [1.29, 1.82) is 0 Å². The van der Waals surface area contributed by atoms with Crippen molar-refractivity contribution in [2.24, 2.45) is 11.7 Å². The van der Waals surface area contributed by atoms with Gasteiger partial charge in [-0.1, -0.05) is 12.8 Å². The van der Waals surface area contributed by atoms with E-state index < -0.39 is 0 Å². The minimum atomic E-state index is 0.864. The molecule has 1 fully saturated rings. The van der Waals surface area contributed by atoms with Gasteiger partial charge >= 0.3 is 0 Å². The van der Waals surface area contributed by atoms with E-state index in [0.29, 0.717) is 0 Å². The van der Waals surface area contributed by atoms with Gasteiger partial charge in [-0.15, -0.1) is 0 Å². The zero-order valence-corrected chi connectivity index (χ0v) is 8.02. The van der Waals surface area contributed by atoms with Gasteiger partial charge in [0.25, 0.3) is 0 Å². The first-order valence-corrected chi connectivity index (χ1v) is 5.34. The average Bonchev–Trinajstić information content (AvgIpc) is 2.14. The van der Waals surface area contributed by atoms with Crippen molar-refractivity contribution in [2.75, 3.05) is 19.6 Å². The molecule has 0 spiro atoms. The van der Waals surface area contributed by atoms with Crippen LogP contribution in [0.2, 0.25) is 0 Å². The lowest BCUT2D eigenvalue weighted by atomic mass is 9.94. The van der Waals surface area contributed by atoms with Crippen LogP contribution < -0.4 is 11.1 Å². The van der Waals surface area contributed by atoms with Crippen LogP contribution in [-0.2, 0) is 0 Å². The molecule has 12 heavy (non-hydrogen) atoms. The third-order valence-electron chi connectivity index (χ3n) is 2.72. The van der Waals surface area contributed by atoms with Crippen molar-refractivity contribution >= 4 is 0 Å². The van der Waals surface area contributed by atoms with Gasteiger partial charge in [0.15, 0.2) is 0 Å². The van der Waals surface area contributed by atoms with E-state index in [-0.39, 0.29) is 0 Å². The zero-order valence-electron chi connectivity index (χ0n) is 8.02. The maximum Gasteiger partial charge on any atom is -0.00205 e. The standard InChI is InChI=1S/C10H22N2/c11-7-3-1-2-5-10-6-4-8-12-9-10/h10,12H,1-9,11H2. The SMILES string of the molecule is NCCCCCC1CCCNC1. The smallest absolute Gasteiger partial charge is 0.00205 e. The second-order valence-electron chi connectivity index (χ2n) is 3.85. The van der Waals surface area contributed by atoms with Crippen LogP contribution in [-0.4, -0.2) is 19.6 Å². The fourth-order valence-corrected chi connectivity index (χ4v) is 1.92. The van der Waals surface area contributed by atoms with Crippen molar-refractivity contribution in [2.45, 2.75) is 38.5 Å². The molecule has 0 amide bonds. The molecule has 1 atom stereocenters. The minimum absolute atomic E-state index is 0.864. The Kier molecular flexibility index (Phi) is 5.37. The first kappa shape index (κ1) is 10.0.